The van der Waals surface area contributed by atoms with Crippen molar-refractivity contribution in [2.75, 3.05) is 0 Å². The molecule has 7 heteroatoms. The van der Waals surface area contributed by atoms with Gasteiger partial charge in [-0.25, -0.2) is 9.67 Å². The molecule has 4 rings (SSSR count). The van der Waals surface area contributed by atoms with Crippen molar-refractivity contribution >= 4 is 38.8 Å². The SMILES string of the molecule is Cc1nn(-c2nc3ccccc3s2)c(-c2ccc(Cl)cc2)c1N=O. The molecule has 2 heterocycles. The Morgan fingerprint density at radius 2 is 1.88 bits per heavy atom. The number of aryl methyl sites for hydroxylation is 1. The lowest BCUT2D eigenvalue weighted by atomic mass is 10.1. The van der Waals surface area contributed by atoms with Crippen molar-refractivity contribution in [3.05, 3.63) is 64.2 Å². The summed E-state index contributed by atoms with van der Waals surface area (Å²) in [4.78, 5) is 16.0. The molecular formula is C17H11ClN4OS. The standard InChI is InChI=1S/C17H11ClN4OS/c1-10-15(21-23)16(11-6-8-12(18)9-7-11)22(20-10)17-19-13-4-2-3-5-14(13)24-17/h2-9H,1H3. The second-order valence-corrected chi connectivity index (χ2v) is 6.70. The molecule has 0 saturated heterocycles. The highest BCUT2D eigenvalue weighted by Crippen LogP contribution is 2.37. The third-order valence-corrected chi connectivity index (χ3v) is 4.97. The van der Waals surface area contributed by atoms with Gasteiger partial charge in [-0.05, 0) is 36.4 Å². The number of fused-ring (bicyclic) bond motifs is 1. The average molecular weight is 355 g/mol. The van der Waals surface area contributed by atoms with Crippen molar-refractivity contribution in [2.45, 2.75) is 6.92 Å². The monoisotopic (exact) mass is 354 g/mol. The van der Waals surface area contributed by atoms with Gasteiger partial charge in [0, 0.05) is 10.6 Å². The Bertz CT molecular complexity index is 1020. The van der Waals surface area contributed by atoms with Gasteiger partial charge in [0.05, 0.1) is 15.9 Å². The number of aromatic nitrogens is 3. The summed E-state index contributed by atoms with van der Waals surface area (Å²) in [5, 5.41) is 8.98. The molecule has 0 amide bonds. The van der Waals surface area contributed by atoms with Crippen LogP contribution in [0.5, 0.6) is 0 Å². The van der Waals surface area contributed by atoms with Gasteiger partial charge in [0.2, 0.25) is 5.13 Å². The maximum Gasteiger partial charge on any atom is 0.212 e. The number of nitroso groups, excluding NO2 is 1. The maximum atomic E-state index is 11.4. The normalized spacial score (nSPS) is 11.1. The first-order valence-electron chi connectivity index (χ1n) is 7.22. The Kier molecular flexibility index (Phi) is 3.63. The highest BCUT2D eigenvalue weighted by atomic mass is 35.5. The topological polar surface area (TPSA) is 60.1 Å². The molecule has 4 aromatic rings. The molecule has 0 atom stereocenters. The van der Waals surface area contributed by atoms with Crippen LogP contribution >= 0.6 is 22.9 Å². The molecule has 0 radical (unpaired) electrons. The van der Waals surface area contributed by atoms with Crippen LogP contribution in [0.15, 0.2) is 53.7 Å². The average Bonchev–Trinajstić information content (AvgIpc) is 3.16. The van der Waals surface area contributed by atoms with Gasteiger partial charge in [-0.1, -0.05) is 47.2 Å². The van der Waals surface area contributed by atoms with Crippen LogP contribution in [0.1, 0.15) is 5.69 Å². The Morgan fingerprint density at radius 3 is 2.58 bits per heavy atom. The molecular weight excluding hydrogens is 344 g/mol. The fraction of sp³-hybridized carbons (Fsp3) is 0.0588. The first kappa shape index (κ1) is 15.0. The van der Waals surface area contributed by atoms with Gasteiger partial charge in [-0.2, -0.15) is 5.10 Å². The van der Waals surface area contributed by atoms with Crippen molar-refractivity contribution in [1.29, 1.82) is 0 Å². The van der Waals surface area contributed by atoms with Crippen LogP contribution in [-0.4, -0.2) is 14.8 Å². The fourth-order valence-electron chi connectivity index (χ4n) is 2.58. The molecule has 0 unspecified atom stereocenters. The number of benzene rings is 2. The summed E-state index contributed by atoms with van der Waals surface area (Å²) in [5.41, 5.74) is 3.21. The number of halogens is 1. The highest BCUT2D eigenvalue weighted by Gasteiger charge is 2.21. The molecule has 0 aliphatic heterocycles. The van der Waals surface area contributed by atoms with Crippen molar-refractivity contribution in [1.82, 2.24) is 14.8 Å². The number of rotatable bonds is 3. The smallest absolute Gasteiger partial charge is 0.212 e. The Hall–Kier alpha value is -2.57. The van der Waals surface area contributed by atoms with E-state index >= 15 is 0 Å². The molecule has 0 fully saturated rings. The van der Waals surface area contributed by atoms with Crippen LogP contribution in [0, 0.1) is 11.8 Å². The Labute approximate surface area is 146 Å². The lowest BCUT2D eigenvalue weighted by Crippen LogP contribution is -1.98. The maximum absolute atomic E-state index is 11.4. The summed E-state index contributed by atoms with van der Waals surface area (Å²) in [6.45, 7) is 1.76. The zero-order valence-corrected chi connectivity index (χ0v) is 14.2. The summed E-state index contributed by atoms with van der Waals surface area (Å²) >= 11 is 7.48. The van der Waals surface area contributed by atoms with E-state index in [-0.39, 0.29) is 0 Å². The van der Waals surface area contributed by atoms with Crippen LogP contribution in [0.4, 0.5) is 5.69 Å². The predicted octanol–water partition coefficient (Wildman–Crippen LogP) is 5.51. The Morgan fingerprint density at radius 1 is 1.12 bits per heavy atom. The van der Waals surface area contributed by atoms with Gasteiger partial charge in [-0.15, -0.1) is 4.91 Å². The van der Waals surface area contributed by atoms with Gasteiger partial charge < -0.3 is 0 Å². The Balaban J connectivity index is 1.98. The minimum Gasteiger partial charge on any atom is -0.218 e. The van der Waals surface area contributed by atoms with E-state index < -0.39 is 0 Å². The van der Waals surface area contributed by atoms with Gasteiger partial charge in [0.25, 0.3) is 0 Å². The molecule has 0 aliphatic carbocycles. The largest absolute Gasteiger partial charge is 0.218 e. The number of hydrogen-bond acceptors (Lipinski definition) is 5. The van der Waals surface area contributed by atoms with E-state index in [9.17, 15) is 4.91 Å². The summed E-state index contributed by atoms with van der Waals surface area (Å²) in [7, 11) is 0. The minimum atomic E-state index is 0.316. The van der Waals surface area contributed by atoms with Gasteiger partial charge in [0.1, 0.15) is 5.69 Å². The van der Waals surface area contributed by atoms with E-state index in [0.29, 0.717) is 27.2 Å². The van der Waals surface area contributed by atoms with E-state index in [1.165, 1.54) is 11.3 Å². The van der Waals surface area contributed by atoms with Crippen LogP contribution < -0.4 is 0 Å². The second-order valence-electron chi connectivity index (χ2n) is 5.26. The molecule has 5 nitrogen and oxygen atoms in total. The summed E-state index contributed by atoms with van der Waals surface area (Å²) < 4.78 is 2.74. The molecule has 24 heavy (non-hydrogen) atoms. The summed E-state index contributed by atoms with van der Waals surface area (Å²) in [6, 6.07) is 15.1. The van der Waals surface area contributed by atoms with Gasteiger partial charge >= 0.3 is 0 Å². The van der Waals surface area contributed by atoms with E-state index in [0.717, 1.165) is 15.8 Å². The van der Waals surface area contributed by atoms with Crippen LogP contribution in [0.2, 0.25) is 5.02 Å². The third kappa shape index (κ3) is 2.40. The van der Waals surface area contributed by atoms with Crippen LogP contribution in [0.3, 0.4) is 0 Å². The van der Waals surface area contributed by atoms with Gasteiger partial charge in [-0.3, -0.25) is 0 Å². The van der Waals surface area contributed by atoms with Crippen LogP contribution in [0.25, 0.3) is 26.6 Å². The second kappa shape index (κ2) is 5.81. The first-order valence-corrected chi connectivity index (χ1v) is 8.41. The van der Waals surface area contributed by atoms with E-state index in [1.807, 2.05) is 36.4 Å². The van der Waals surface area contributed by atoms with E-state index in [2.05, 4.69) is 15.3 Å². The van der Waals surface area contributed by atoms with Crippen molar-refractivity contribution in [3.63, 3.8) is 0 Å². The molecule has 0 aliphatic rings. The van der Waals surface area contributed by atoms with E-state index in [4.69, 9.17) is 11.6 Å². The van der Waals surface area contributed by atoms with Gasteiger partial charge in [0.15, 0.2) is 5.69 Å². The summed E-state index contributed by atoms with van der Waals surface area (Å²) in [5.74, 6) is 0. The number of thiazole rings is 1. The first-order chi connectivity index (χ1) is 11.7. The number of nitrogens with zero attached hydrogens (tertiary/aromatic N) is 4. The zero-order valence-electron chi connectivity index (χ0n) is 12.6. The number of hydrogen-bond donors (Lipinski definition) is 0. The van der Waals surface area contributed by atoms with Crippen LogP contribution in [-0.2, 0) is 0 Å². The quantitative estimate of drug-likeness (QED) is 0.456. The van der Waals surface area contributed by atoms with E-state index in [1.54, 1.807) is 23.7 Å². The summed E-state index contributed by atoms with van der Waals surface area (Å²) in [6.07, 6.45) is 0. The van der Waals surface area contributed by atoms with Crippen molar-refractivity contribution in [2.24, 2.45) is 5.18 Å². The minimum absolute atomic E-state index is 0.316. The molecule has 0 saturated carbocycles. The molecule has 2 aromatic heterocycles. The predicted molar refractivity (Wildman–Crippen MR) is 97.4 cm³/mol. The molecule has 0 N–H and O–H groups in total. The number of para-hydroxylation sites is 1. The molecule has 0 spiro atoms. The zero-order chi connectivity index (χ0) is 16.7. The highest BCUT2D eigenvalue weighted by molar-refractivity contribution is 7.20. The lowest BCUT2D eigenvalue weighted by molar-refractivity contribution is 0.862. The fourth-order valence-corrected chi connectivity index (χ4v) is 3.63. The molecule has 0 bridgehead atoms. The molecule has 118 valence electrons. The lowest BCUT2D eigenvalue weighted by Gasteiger charge is -2.04. The third-order valence-electron chi connectivity index (χ3n) is 3.70. The van der Waals surface area contributed by atoms with Crippen molar-refractivity contribution < 1.29 is 0 Å². The molecule has 2 aromatic carbocycles. The van der Waals surface area contributed by atoms with Crippen molar-refractivity contribution in [3.8, 4) is 16.4 Å².